The van der Waals surface area contributed by atoms with Crippen LogP contribution in [0.2, 0.25) is 0 Å². The number of esters is 1. The molecule has 2 aromatic heterocycles. The number of ether oxygens (including phenoxy) is 1. The molecule has 1 unspecified atom stereocenters. The van der Waals surface area contributed by atoms with Crippen LogP contribution in [0.3, 0.4) is 0 Å². The zero-order valence-electron chi connectivity index (χ0n) is 12.6. The van der Waals surface area contributed by atoms with Gasteiger partial charge in [-0.3, -0.25) is 4.90 Å². The molecule has 112 valence electrons. The Balaban J connectivity index is 2.03. The minimum Gasteiger partial charge on any atom is -0.464 e. The van der Waals surface area contributed by atoms with Gasteiger partial charge in [0.05, 0.1) is 13.2 Å². The van der Waals surface area contributed by atoms with Crippen LogP contribution >= 0.6 is 0 Å². The molecule has 0 amide bonds. The fourth-order valence-corrected chi connectivity index (χ4v) is 3.01. The van der Waals surface area contributed by atoms with Crippen molar-refractivity contribution in [1.29, 1.82) is 0 Å². The standard InChI is InChI=1S/C15H20N4O2/c1-10(2)18-9-5-7-11(18)14-16-13-8-4-6-12(15(20)21-3)19(13)17-14/h4,6,8,10-11H,5,7,9H2,1-3H3. The third-order valence-electron chi connectivity index (χ3n) is 4.03. The molecule has 2 aromatic rings. The van der Waals surface area contributed by atoms with Crippen molar-refractivity contribution in [2.45, 2.75) is 38.8 Å². The molecule has 21 heavy (non-hydrogen) atoms. The first kappa shape index (κ1) is 14.0. The van der Waals surface area contributed by atoms with Crippen LogP contribution < -0.4 is 0 Å². The summed E-state index contributed by atoms with van der Waals surface area (Å²) in [6.07, 6.45) is 2.21. The molecular weight excluding hydrogens is 268 g/mol. The number of pyridine rings is 1. The molecule has 6 heteroatoms. The molecule has 0 bridgehead atoms. The lowest BCUT2D eigenvalue weighted by Crippen LogP contribution is -2.30. The third kappa shape index (κ3) is 2.40. The SMILES string of the molecule is COC(=O)c1cccc2nc(C3CCCN3C(C)C)nn12. The van der Waals surface area contributed by atoms with E-state index in [1.165, 1.54) is 7.11 Å². The largest absolute Gasteiger partial charge is 0.464 e. The van der Waals surface area contributed by atoms with E-state index in [1.807, 2.05) is 6.07 Å². The normalized spacial score (nSPS) is 19.5. The average molecular weight is 288 g/mol. The van der Waals surface area contributed by atoms with Crippen LogP contribution in [-0.4, -0.2) is 45.2 Å². The fraction of sp³-hybridized carbons (Fsp3) is 0.533. The van der Waals surface area contributed by atoms with E-state index < -0.39 is 5.97 Å². The first-order chi connectivity index (χ1) is 10.1. The number of carbonyl (C=O) groups is 1. The Morgan fingerprint density at radius 3 is 2.95 bits per heavy atom. The van der Waals surface area contributed by atoms with Gasteiger partial charge in [-0.2, -0.15) is 0 Å². The zero-order valence-corrected chi connectivity index (χ0v) is 12.6. The number of nitrogens with zero attached hydrogens (tertiary/aromatic N) is 4. The summed E-state index contributed by atoms with van der Waals surface area (Å²) in [5.74, 6) is 0.391. The lowest BCUT2D eigenvalue weighted by atomic mass is 10.2. The van der Waals surface area contributed by atoms with E-state index in [0.29, 0.717) is 17.4 Å². The highest BCUT2D eigenvalue weighted by molar-refractivity contribution is 5.88. The van der Waals surface area contributed by atoms with Crippen molar-refractivity contribution < 1.29 is 9.53 Å². The maximum Gasteiger partial charge on any atom is 0.356 e. The number of methoxy groups -OCH3 is 1. The Kier molecular flexibility index (Phi) is 3.63. The molecule has 1 atom stereocenters. The van der Waals surface area contributed by atoms with Crippen molar-refractivity contribution in [2.75, 3.05) is 13.7 Å². The maximum absolute atomic E-state index is 11.8. The van der Waals surface area contributed by atoms with Gasteiger partial charge < -0.3 is 4.74 Å². The van der Waals surface area contributed by atoms with E-state index in [1.54, 1.807) is 16.6 Å². The second-order valence-corrected chi connectivity index (χ2v) is 5.63. The molecule has 1 aliphatic heterocycles. The first-order valence-corrected chi connectivity index (χ1v) is 7.31. The maximum atomic E-state index is 11.8. The summed E-state index contributed by atoms with van der Waals surface area (Å²) in [6, 6.07) is 6.05. The monoisotopic (exact) mass is 288 g/mol. The van der Waals surface area contributed by atoms with E-state index >= 15 is 0 Å². The summed E-state index contributed by atoms with van der Waals surface area (Å²) in [7, 11) is 1.37. The third-order valence-corrected chi connectivity index (χ3v) is 4.03. The Bertz CT molecular complexity index is 665. The predicted octanol–water partition coefficient (Wildman–Crippen LogP) is 2.06. The quantitative estimate of drug-likeness (QED) is 0.809. The van der Waals surface area contributed by atoms with Crippen LogP contribution in [0.5, 0.6) is 0 Å². The van der Waals surface area contributed by atoms with Crippen molar-refractivity contribution in [3.8, 4) is 0 Å². The molecule has 0 aromatic carbocycles. The second kappa shape index (κ2) is 5.44. The zero-order chi connectivity index (χ0) is 15.0. The summed E-state index contributed by atoms with van der Waals surface area (Å²) in [5.41, 5.74) is 1.09. The predicted molar refractivity (Wildman–Crippen MR) is 78.1 cm³/mol. The molecular formula is C15H20N4O2. The molecule has 6 nitrogen and oxygen atoms in total. The number of hydrogen-bond donors (Lipinski definition) is 0. The highest BCUT2D eigenvalue weighted by Gasteiger charge is 2.31. The van der Waals surface area contributed by atoms with Gasteiger partial charge in [-0.1, -0.05) is 6.07 Å². The van der Waals surface area contributed by atoms with Gasteiger partial charge in [-0.15, -0.1) is 5.10 Å². The Labute approximate surface area is 123 Å². The van der Waals surface area contributed by atoms with E-state index in [2.05, 4.69) is 28.8 Å². The molecule has 0 aliphatic carbocycles. The molecule has 0 spiro atoms. The highest BCUT2D eigenvalue weighted by atomic mass is 16.5. The van der Waals surface area contributed by atoms with Gasteiger partial charge in [0.2, 0.25) is 0 Å². The van der Waals surface area contributed by atoms with E-state index in [0.717, 1.165) is 25.2 Å². The van der Waals surface area contributed by atoms with Crippen molar-refractivity contribution in [3.05, 3.63) is 29.7 Å². The lowest BCUT2D eigenvalue weighted by Gasteiger charge is -2.26. The van der Waals surface area contributed by atoms with Crippen LogP contribution in [-0.2, 0) is 4.74 Å². The number of rotatable bonds is 3. The second-order valence-electron chi connectivity index (χ2n) is 5.63. The van der Waals surface area contributed by atoms with E-state index in [-0.39, 0.29) is 6.04 Å². The average Bonchev–Trinajstić information content (AvgIpc) is 3.11. The molecule has 3 rings (SSSR count). The molecule has 0 N–H and O–H groups in total. The van der Waals surface area contributed by atoms with Crippen molar-refractivity contribution in [3.63, 3.8) is 0 Å². The summed E-state index contributed by atoms with van der Waals surface area (Å²) in [6.45, 7) is 5.45. The molecule has 1 aliphatic rings. The van der Waals surface area contributed by atoms with Crippen LogP contribution in [0.15, 0.2) is 18.2 Å². The summed E-state index contributed by atoms with van der Waals surface area (Å²) in [5, 5.41) is 4.56. The Morgan fingerprint density at radius 2 is 2.24 bits per heavy atom. The van der Waals surface area contributed by atoms with Gasteiger partial charge in [-0.05, 0) is 45.4 Å². The summed E-state index contributed by atoms with van der Waals surface area (Å²) in [4.78, 5) is 18.8. The molecule has 1 saturated heterocycles. The van der Waals surface area contributed by atoms with Crippen LogP contribution in [0.25, 0.3) is 5.65 Å². The number of carbonyl (C=O) groups excluding carboxylic acids is 1. The topological polar surface area (TPSA) is 59.7 Å². The smallest absolute Gasteiger partial charge is 0.356 e. The minimum atomic E-state index is -0.399. The number of likely N-dealkylation sites (tertiary alicyclic amines) is 1. The van der Waals surface area contributed by atoms with Crippen molar-refractivity contribution in [2.24, 2.45) is 0 Å². The van der Waals surface area contributed by atoms with Gasteiger partial charge in [0.1, 0.15) is 0 Å². The molecule has 3 heterocycles. The van der Waals surface area contributed by atoms with E-state index in [4.69, 9.17) is 4.74 Å². The number of fused-ring (bicyclic) bond motifs is 1. The van der Waals surface area contributed by atoms with Crippen LogP contribution in [0, 0.1) is 0 Å². The number of hydrogen-bond acceptors (Lipinski definition) is 5. The lowest BCUT2D eigenvalue weighted by molar-refractivity contribution is 0.0590. The van der Waals surface area contributed by atoms with Crippen molar-refractivity contribution in [1.82, 2.24) is 19.5 Å². The molecule has 0 radical (unpaired) electrons. The molecule has 1 fully saturated rings. The molecule has 0 saturated carbocycles. The minimum absolute atomic E-state index is 0.232. The summed E-state index contributed by atoms with van der Waals surface area (Å²) >= 11 is 0. The first-order valence-electron chi connectivity index (χ1n) is 7.31. The summed E-state index contributed by atoms with van der Waals surface area (Å²) < 4.78 is 6.38. The Hall–Kier alpha value is -1.95. The Morgan fingerprint density at radius 1 is 1.43 bits per heavy atom. The van der Waals surface area contributed by atoms with Gasteiger partial charge in [0.25, 0.3) is 0 Å². The van der Waals surface area contributed by atoms with Crippen LogP contribution in [0.4, 0.5) is 0 Å². The van der Waals surface area contributed by atoms with Gasteiger partial charge in [0, 0.05) is 6.04 Å². The van der Waals surface area contributed by atoms with Gasteiger partial charge in [0.15, 0.2) is 17.2 Å². The van der Waals surface area contributed by atoms with Gasteiger partial charge in [-0.25, -0.2) is 14.3 Å². The number of aromatic nitrogens is 3. The van der Waals surface area contributed by atoms with Gasteiger partial charge >= 0.3 is 5.97 Å². The van der Waals surface area contributed by atoms with E-state index in [9.17, 15) is 4.79 Å². The highest BCUT2D eigenvalue weighted by Crippen LogP contribution is 2.31. The van der Waals surface area contributed by atoms with Crippen LogP contribution in [0.1, 0.15) is 49.0 Å². The van der Waals surface area contributed by atoms with Crippen molar-refractivity contribution >= 4 is 11.6 Å². The fourth-order valence-electron chi connectivity index (χ4n) is 3.01.